The smallest absolute Gasteiger partial charge is 0.251 e. The van der Waals surface area contributed by atoms with Crippen molar-refractivity contribution < 1.29 is 4.79 Å². The van der Waals surface area contributed by atoms with E-state index in [2.05, 4.69) is 45.1 Å². The van der Waals surface area contributed by atoms with Crippen molar-refractivity contribution in [2.24, 2.45) is 40.4 Å². The van der Waals surface area contributed by atoms with Crippen LogP contribution in [0.25, 0.3) is 0 Å². The number of hydrogen-bond acceptors (Lipinski definition) is 2. The third-order valence-electron chi connectivity index (χ3n) is 11.5. The maximum Gasteiger partial charge on any atom is 0.251 e. The molecule has 4 aliphatic carbocycles. The van der Waals surface area contributed by atoms with Crippen LogP contribution in [0.2, 0.25) is 0 Å². The average molecular weight is 451 g/mol. The zero-order valence-corrected chi connectivity index (χ0v) is 21.6. The molecule has 0 heterocycles. The topological polar surface area (TPSA) is 32.3 Å². The van der Waals surface area contributed by atoms with Crippen LogP contribution in [-0.4, -0.2) is 37.0 Å². The van der Waals surface area contributed by atoms with E-state index < -0.39 is 0 Å². The highest BCUT2D eigenvalue weighted by Gasteiger charge is 2.60. The molecule has 1 amide bonds. The second kappa shape index (κ2) is 8.70. The highest BCUT2D eigenvalue weighted by molar-refractivity contribution is 5.94. The van der Waals surface area contributed by atoms with Gasteiger partial charge in [-0.15, -0.1) is 0 Å². The molecule has 5 rings (SSSR count). The van der Waals surface area contributed by atoms with Crippen molar-refractivity contribution in [2.45, 2.75) is 90.6 Å². The molecule has 3 heteroatoms. The number of nitrogens with zero attached hydrogens (tertiary/aromatic N) is 1. The van der Waals surface area contributed by atoms with Gasteiger partial charge in [-0.1, -0.05) is 32.0 Å². The molecule has 0 aromatic heterocycles. The standard InChI is InChI=1S/C30H46N2O/c1-20(32(4)5)25-13-14-26-24-12-11-22-19-23(31-28(33)21-9-7-6-8-10-21)15-17-29(22,2)27(24)16-18-30(25,26)3/h6-10,20,22-27H,11-19H2,1-5H3,(H,31,33)/t20?,22?,23-,24?,25?,26?,27?,29-,30+/m0/s1. The van der Waals surface area contributed by atoms with Crippen molar-refractivity contribution in [1.29, 1.82) is 0 Å². The molecule has 0 spiro atoms. The van der Waals surface area contributed by atoms with E-state index in [1.54, 1.807) is 0 Å². The Morgan fingerprint density at radius 3 is 2.36 bits per heavy atom. The first-order chi connectivity index (χ1) is 15.7. The van der Waals surface area contributed by atoms with Crippen LogP contribution in [-0.2, 0) is 0 Å². The molecule has 1 N–H and O–H groups in total. The highest BCUT2D eigenvalue weighted by atomic mass is 16.1. The number of hydrogen-bond donors (Lipinski definition) is 1. The van der Waals surface area contributed by atoms with Crippen LogP contribution in [0.15, 0.2) is 30.3 Å². The first kappa shape index (κ1) is 23.4. The normalized spacial score (nSPS) is 43.3. The molecule has 1 aromatic carbocycles. The van der Waals surface area contributed by atoms with E-state index >= 15 is 0 Å². The monoisotopic (exact) mass is 450 g/mol. The van der Waals surface area contributed by atoms with E-state index in [9.17, 15) is 4.79 Å². The summed E-state index contributed by atoms with van der Waals surface area (Å²) in [5.74, 6) is 4.49. The number of rotatable bonds is 4. The van der Waals surface area contributed by atoms with Gasteiger partial charge in [-0.05, 0) is 131 Å². The van der Waals surface area contributed by atoms with Gasteiger partial charge in [0.15, 0.2) is 0 Å². The highest BCUT2D eigenvalue weighted by Crippen LogP contribution is 2.67. The molecule has 33 heavy (non-hydrogen) atoms. The van der Waals surface area contributed by atoms with Crippen LogP contribution in [0.4, 0.5) is 0 Å². The Labute approximate surface area is 202 Å². The van der Waals surface area contributed by atoms with Gasteiger partial charge in [0.1, 0.15) is 0 Å². The Bertz CT molecular complexity index is 852. The van der Waals surface area contributed by atoms with Gasteiger partial charge in [0.2, 0.25) is 0 Å². The number of amides is 1. The summed E-state index contributed by atoms with van der Waals surface area (Å²) in [7, 11) is 4.54. The Morgan fingerprint density at radius 1 is 0.939 bits per heavy atom. The van der Waals surface area contributed by atoms with Crippen molar-refractivity contribution >= 4 is 5.91 Å². The fourth-order valence-electron chi connectivity index (χ4n) is 9.44. The van der Waals surface area contributed by atoms with Crippen LogP contribution in [0.5, 0.6) is 0 Å². The van der Waals surface area contributed by atoms with Crippen LogP contribution in [0.3, 0.4) is 0 Å². The van der Waals surface area contributed by atoms with Crippen LogP contribution in [0, 0.1) is 40.4 Å². The van der Waals surface area contributed by atoms with Gasteiger partial charge in [0.25, 0.3) is 5.91 Å². The second-order valence-corrected chi connectivity index (χ2v) is 12.9. The number of carbonyl (C=O) groups is 1. The molecular formula is C30H46N2O. The Kier molecular flexibility index (Phi) is 6.17. The molecule has 182 valence electrons. The van der Waals surface area contributed by atoms with Gasteiger partial charge in [-0.3, -0.25) is 4.79 Å². The summed E-state index contributed by atoms with van der Waals surface area (Å²) in [6.07, 6.45) is 12.2. The SMILES string of the molecule is CC(C1CCC2C3CCC4C[C@@H](NC(=O)c5ccccc5)CC[C@]4(C)C3CC[C@@]21C)N(C)C. The minimum absolute atomic E-state index is 0.110. The predicted octanol–water partition coefficient (Wildman–Crippen LogP) is 6.39. The minimum Gasteiger partial charge on any atom is -0.349 e. The predicted molar refractivity (Wildman–Crippen MR) is 136 cm³/mol. The third kappa shape index (κ3) is 3.87. The van der Waals surface area contributed by atoms with E-state index in [0.717, 1.165) is 41.6 Å². The second-order valence-electron chi connectivity index (χ2n) is 12.9. The molecule has 4 saturated carbocycles. The van der Waals surface area contributed by atoms with Crippen molar-refractivity contribution in [2.75, 3.05) is 14.1 Å². The fourth-order valence-corrected chi connectivity index (χ4v) is 9.44. The van der Waals surface area contributed by atoms with Gasteiger partial charge in [-0.2, -0.15) is 0 Å². The molecule has 4 aliphatic rings. The quantitative estimate of drug-likeness (QED) is 0.576. The first-order valence-corrected chi connectivity index (χ1v) is 13.8. The van der Waals surface area contributed by atoms with E-state index in [1.807, 2.05) is 30.3 Å². The van der Waals surface area contributed by atoms with Crippen molar-refractivity contribution in [3.8, 4) is 0 Å². The van der Waals surface area contributed by atoms with Crippen LogP contribution >= 0.6 is 0 Å². The van der Waals surface area contributed by atoms with E-state index in [4.69, 9.17) is 0 Å². The molecule has 1 aromatic rings. The molecule has 4 fully saturated rings. The number of nitrogens with one attached hydrogen (secondary N) is 1. The van der Waals surface area contributed by atoms with Gasteiger partial charge in [0.05, 0.1) is 0 Å². The Balaban J connectivity index is 1.27. The lowest BCUT2D eigenvalue weighted by Gasteiger charge is -2.61. The third-order valence-corrected chi connectivity index (χ3v) is 11.5. The van der Waals surface area contributed by atoms with Crippen molar-refractivity contribution in [1.82, 2.24) is 10.2 Å². The van der Waals surface area contributed by atoms with Crippen molar-refractivity contribution in [3.05, 3.63) is 35.9 Å². The molecular weight excluding hydrogens is 404 g/mol. The largest absolute Gasteiger partial charge is 0.349 e. The molecule has 6 unspecified atom stereocenters. The Hall–Kier alpha value is -1.35. The maximum absolute atomic E-state index is 12.8. The van der Waals surface area contributed by atoms with E-state index in [-0.39, 0.29) is 5.91 Å². The van der Waals surface area contributed by atoms with Gasteiger partial charge >= 0.3 is 0 Å². The number of carbonyl (C=O) groups excluding carboxylic acids is 1. The fraction of sp³-hybridized carbons (Fsp3) is 0.767. The summed E-state index contributed by atoms with van der Waals surface area (Å²) in [4.78, 5) is 15.2. The van der Waals surface area contributed by atoms with Crippen LogP contribution in [0.1, 0.15) is 88.9 Å². The zero-order valence-electron chi connectivity index (χ0n) is 21.6. The molecule has 0 radical (unpaired) electrons. The number of benzene rings is 1. The lowest BCUT2D eigenvalue weighted by Crippen LogP contribution is -2.56. The summed E-state index contributed by atoms with van der Waals surface area (Å²) in [5, 5.41) is 3.39. The average Bonchev–Trinajstić information content (AvgIpc) is 3.16. The Morgan fingerprint density at radius 2 is 1.64 bits per heavy atom. The number of fused-ring (bicyclic) bond motifs is 5. The lowest BCUT2D eigenvalue weighted by atomic mass is 9.44. The summed E-state index contributed by atoms with van der Waals surface area (Å²) in [5.41, 5.74) is 1.81. The van der Waals surface area contributed by atoms with E-state index in [0.29, 0.717) is 22.9 Å². The van der Waals surface area contributed by atoms with Gasteiger partial charge in [-0.25, -0.2) is 0 Å². The summed E-state index contributed by atoms with van der Waals surface area (Å²) >= 11 is 0. The van der Waals surface area contributed by atoms with Gasteiger partial charge < -0.3 is 10.2 Å². The van der Waals surface area contributed by atoms with Gasteiger partial charge in [0, 0.05) is 17.6 Å². The maximum atomic E-state index is 12.8. The summed E-state index contributed by atoms with van der Waals surface area (Å²) in [6, 6.07) is 10.8. The first-order valence-electron chi connectivity index (χ1n) is 13.8. The minimum atomic E-state index is 0.110. The molecule has 0 saturated heterocycles. The lowest BCUT2D eigenvalue weighted by molar-refractivity contribution is -0.117. The molecule has 9 atom stereocenters. The zero-order chi connectivity index (χ0) is 23.4. The van der Waals surface area contributed by atoms with Crippen LogP contribution < -0.4 is 5.32 Å². The molecule has 3 nitrogen and oxygen atoms in total. The van der Waals surface area contributed by atoms with E-state index in [1.165, 1.54) is 51.4 Å². The van der Waals surface area contributed by atoms with Crippen molar-refractivity contribution in [3.63, 3.8) is 0 Å². The summed E-state index contributed by atoms with van der Waals surface area (Å²) < 4.78 is 0. The molecule has 0 aliphatic heterocycles. The summed E-state index contributed by atoms with van der Waals surface area (Å²) in [6.45, 7) is 7.77. The molecule has 0 bridgehead atoms.